The van der Waals surface area contributed by atoms with Crippen LogP contribution in [0.1, 0.15) is 11.1 Å². The number of fused-ring (bicyclic) bond motifs is 1. The minimum absolute atomic E-state index is 0.0667. The van der Waals surface area contributed by atoms with E-state index in [9.17, 15) is 9.59 Å². The highest BCUT2D eigenvalue weighted by Crippen LogP contribution is 2.45. The number of ether oxygens (including phenoxy) is 6. The quantitative estimate of drug-likeness (QED) is 0.672. The summed E-state index contributed by atoms with van der Waals surface area (Å²) in [7, 11) is 6.01. The Labute approximate surface area is 172 Å². The maximum atomic E-state index is 12.7. The van der Waals surface area contributed by atoms with E-state index >= 15 is 0 Å². The molecule has 154 valence electrons. The van der Waals surface area contributed by atoms with Crippen LogP contribution < -0.4 is 18.9 Å². The summed E-state index contributed by atoms with van der Waals surface area (Å²) in [6, 6.07) is 9.90. The first kappa shape index (κ1) is 19.4. The lowest BCUT2D eigenvalue weighted by Crippen LogP contribution is -2.02. The molecule has 2 aromatic carbocycles. The fourth-order valence-electron chi connectivity index (χ4n) is 3.37. The largest absolute Gasteiger partial charge is 0.493 e. The molecule has 0 fully saturated rings. The number of methoxy groups -OCH3 is 4. The molecule has 0 unspecified atom stereocenters. The molecule has 2 aliphatic heterocycles. The Bertz CT molecular complexity index is 1040. The molecule has 0 amide bonds. The van der Waals surface area contributed by atoms with Gasteiger partial charge in [-0.1, -0.05) is 0 Å². The number of carbonyl (C=O) groups is 2. The second kappa shape index (κ2) is 7.47. The van der Waals surface area contributed by atoms with E-state index in [1.54, 1.807) is 36.4 Å². The van der Waals surface area contributed by atoms with Gasteiger partial charge in [0.1, 0.15) is 11.1 Å². The Morgan fingerprint density at radius 3 is 1.27 bits per heavy atom. The SMILES string of the molecule is COc1ccc(C2=C3C(=O)OC(c4ccc(OC)c(OC)c4)=C3C(=O)O2)cc1OC. The molecule has 0 bridgehead atoms. The number of esters is 2. The van der Waals surface area contributed by atoms with E-state index in [1.807, 2.05) is 0 Å². The molecule has 30 heavy (non-hydrogen) atoms. The fraction of sp³-hybridized carbons (Fsp3) is 0.182. The zero-order valence-electron chi connectivity index (χ0n) is 16.7. The molecule has 0 radical (unpaired) electrons. The second-order valence-electron chi connectivity index (χ2n) is 6.33. The number of carbonyl (C=O) groups excluding carboxylic acids is 2. The van der Waals surface area contributed by atoms with Gasteiger partial charge in [-0.25, -0.2) is 9.59 Å². The molecule has 4 rings (SSSR count). The zero-order chi connectivity index (χ0) is 21.4. The van der Waals surface area contributed by atoms with Crippen molar-refractivity contribution < 1.29 is 38.0 Å². The van der Waals surface area contributed by atoms with Gasteiger partial charge in [0.15, 0.2) is 34.5 Å². The topological polar surface area (TPSA) is 89.5 Å². The Balaban J connectivity index is 1.85. The van der Waals surface area contributed by atoms with Crippen LogP contribution >= 0.6 is 0 Å². The smallest absolute Gasteiger partial charge is 0.348 e. The van der Waals surface area contributed by atoms with Gasteiger partial charge >= 0.3 is 11.9 Å². The molecule has 0 saturated carbocycles. The lowest BCUT2D eigenvalue weighted by atomic mass is 10.0. The van der Waals surface area contributed by atoms with Gasteiger partial charge < -0.3 is 28.4 Å². The Kier molecular flexibility index (Phi) is 4.83. The molecule has 2 aromatic rings. The normalized spacial score (nSPS) is 15.1. The highest BCUT2D eigenvalue weighted by atomic mass is 16.6. The van der Waals surface area contributed by atoms with Crippen molar-refractivity contribution in [1.29, 1.82) is 0 Å². The zero-order valence-corrected chi connectivity index (χ0v) is 16.7. The molecular formula is C22H18O8. The van der Waals surface area contributed by atoms with Crippen molar-refractivity contribution in [2.24, 2.45) is 0 Å². The Morgan fingerprint density at radius 2 is 0.933 bits per heavy atom. The minimum atomic E-state index is -0.676. The van der Waals surface area contributed by atoms with E-state index in [4.69, 9.17) is 28.4 Å². The lowest BCUT2D eigenvalue weighted by molar-refractivity contribution is -0.131. The van der Waals surface area contributed by atoms with Gasteiger partial charge in [-0.3, -0.25) is 0 Å². The van der Waals surface area contributed by atoms with Crippen LogP contribution in [-0.4, -0.2) is 40.4 Å². The summed E-state index contributed by atoms with van der Waals surface area (Å²) in [4.78, 5) is 25.3. The molecule has 2 aliphatic rings. The van der Waals surface area contributed by atoms with Crippen LogP contribution in [0.25, 0.3) is 11.5 Å². The highest BCUT2D eigenvalue weighted by molar-refractivity contribution is 6.24. The standard InChI is InChI=1S/C22H18O8/c1-25-13-7-5-11(9-15(13)27-3)19-17-18(22(24)29-19)20(30-21(17)23)12-6-8-14(26-2)16(10-12)28-4/h5-10H,1-4H3. The van der Waals surface area contributed by atoms with Crippen LogP contribution in [-0.2, 0) is 19.1 Å². The van der Waals surface area contributed by atoms with Gasteiger partial charge in [0.25, 0.3) is 0 Å². The van der Waals surface area contributed by atoms with E-state index in [0.717, 1.165) is 0 Å². The van der Waals surface area contributed by atoms with E-state index < -0.39 is 11.9 Å². The van der Waals surface area contributed by atoms with Crippen LogP contribution in [0, 0.1) is 0 Å². The third-order valence-electron chi connectivity index (χ3n) is 4.79. The van der Waals surface area contributed by atoms with E-state index in [1.165, 1.54) is 28.4 Å². The average molecular weight is 410 g/mol. The summed E-state index contributed by atoms with van der Waals surface area (Å²) in [5.41, 5.74) is 1.10. The molecule has 0 atom stereocenters. The van der Waals surface area contributed by atoms with Crippen molar-refractivity contribution >= 4 is 23.5 Å². The summed E-state index contributed by atoms with van der Waals surface area (Å²) in [6.45, 7) is 0. The van der Waals surface area contributed by atoms with Crippen molar-refractivity contribution in [1.82, 2.24) is 0 Å². The number of benzene rings is 2. The first-order valence-corrected chi connectivity index (χ1v) is 8.90. The monoisotopic (exact) mass is 410 g/mol. The molecule has 0 spiro atoms. The molecule has 8 nitrogen and oxygen atoms in total. The van der Waals surface area contributed by atoms with Gasteiger partial charge in [-0.15, -0.1) is 0 Å². The van der Waals surface area contributed by atoms with Gasteiger partial charge in [0, 0.05) is 11.1 Å². The van der Waals surface area contributed by atoms with Gasteiger partial charge in [-0.05, 0) is 36.4 Å². The van der Waals surface area contributed by atoms with Crippen molar-refractivity contribution in [3.8, 4) is 23.0 Å². The molecule has 8 heteroatoms. The van der Waals surface area contributed by atoms with Crippen LogP contribution in [0.2, 0.25) is 0 Å². The number of rotatable bonds is 6. The fourth-order valence-corrected chi connectivity index (χ4v) is 3.37. The predicted octanol–water partition coefficient (Wildman–Crippen LogP) is 2.96. The summed E-state index contributed by atoms with van der Waals surface area (Å²) >= 11 is 0. The molecule has 0 saturated heterocycles. The van der Waals surface area contributed by atoms with E-state index in [-0.39, 0.29) is 22.7 Å². The van der Waals surface area contributed by atoms with Crippen molar-refractivity contribution in [2.75, 3.05) is 28.4 Å². The lowest BCUT2D eigenvalue weighted by Gasteiger charge is -2.11. The van der Waals surface area contributed by atoms with Crippen LogP contribution in [0.15, 0.2) is 47.5 Å². The first-order chi connectivity index (χ1) is 14.5. The van der Waals surface area contributed by atoms with Crippen molar-refractivity contribution in [3.05, 3.63) is 58.7 Å². The average Bonchev–Trinajstić information content (AvgIpc) is 3.30. The maximum Gasteiger partial charge on any atom is 0.348 e. The first-order valence-electron chi connectivity index (χ1n) is 8.90. The van der Waals surface area contributed by atoms with Gasteiger partial charge in [-0.2, -0.15) is 0 Å². The number of hydrogen-bond donors (Lipinski definition) is 0. The Hall–Kier alpha value is -3.94. The molecule has 2 heterocycles. The van der Waals surface area contributed by atoms with Crippen molar-refractivity contribution in [3.63, 3.8) is 0 Å². The van der Waals surface area contributed by atoms with Gasteiger partial charge in [0.05, 0.1) is 28.4 Å². The minimum Gasteiger partial charge on any atom is -0.493 e. The summed E-state index contributed by atoms with van der Waals surface area (Å²) in [6.07, 6.45) is 0. The molecular weight excluding hydrogens is 392 g/mol. The van der Waals surface area contributed by atoms with Crippen molar-refractivity contribution in [2.45, 2.75) is 0 Å². The Morgan fingerprint density at radius 1 is 0.567 bits per heavy atom. The summed E-state index contributed by atoms with van der Waals surface area (Å²) in [5.74, 6) is 0.744. The third-order valence-corrected chi connectivity index (χ3v) is 4.79. The van der Waals surface area contributed by atoms with Crippen LogP contribution in [0.3, 0.4) is 0 Å². The second-order valence-corrected chi connectivity index (χ2v) is 6.33. The van der Waals surface area contributed by atoms with E-state index in [2.05, 4.69) is 0 Å². The third kappa shape index (κ3) is 2.93. The predicted molar refractivity (Wildman–Crippen MR) is 105 cm³/mol. The van der Waals surface area contributed by atoms with Crippen LogP contribution in [0.4, 0.5) is 0 Å². The maximum absolute atomic E-state index is 12.7. The van der Waals surface area contributed by atoms with Gasteiger partial charge in [0.2, 0.25) is 0 Å². The number of hydrogen-bond acceptors (Lipinski definition) is 8. The summed E-state index contributed by atoms with van der Waals surface area (Å²) < 4.78 is 31.9. The molecule has 0 aromatic heterocycles. The summed E-state index contributed by atoms with van der Waals surface area (Å²) in [5, 5.41) is 0. The number of cyclic esters (lactones) is 2. The van der Waals surface area contributed by atoms with Crippen LogP contribution in [0.5, 0.6) is 23.0 Å². The van der Waals surface area contributed by atoms with E-state index in [0.29, 0.717) is 34.1 Å². The highest BCUT2D eigenvalue weighted by Gasteiger charge is 2.45. The molecule has 0 aliphatic carbocycles. The molecule has 0 N–H and O–H groups in total.